The predicted molar refractivity (Wildman–Crippen MR) is 149 cm³/mol. The molecular formula is C30H26N2O5S. The monoisotopic (exact) mass is 526 g/mol. The molecule has 4 aromatic rings. The highest BCUT2D eigenvalue weighted by molar-refractivity contribution is 7.22. The number of rotatable bonds is 7. The van der Waals surface area contributed by atoms with Crippen molar-refractivity contribution in [1.29, 1.82) is 0 Å². The van der Waals surface area contributed by atoms with Crippen LogP contribution in [0.1, 0.15) is 28.3 Å². The van der Waals surface area contributed by atoms with Crippen LogP contribution in [0, 0.1) is 13.8 Å². The van der Waals surface area contributed by atoms with Crippen molar-refractivity contribution in [2.45, 2.75) is 19.9 Å². The van der Waals surface area contributed by atoms with Crippen molar-refractivity contribution in [1.82, 2.24) is 4.98 Å². The minimum Gasteiger partial charge on any atom is -0.507 e. The van der Waals surface area contributed by atoms with E-state index in [-0.39, 0.29) is 11.3 Å². The molecule has 1 aliphatic heterocycles. The Morgan fingerprint density at radius 3 is 2.55 bits per heavy atom. The summed E-state index contributed by atoms with van der Waals surface area (Å²) in [7, 11) is 1.56. The predicted octanol–water partition coefficient (Wildman–Crippen LogP) is 6.11. The molecule has 7 nitrogen and oxygen atoms in total. The lowest BCUT2D eigenvalue weighted by Crippen LogP contribution is -2.29. The number of aliphatic hydroxyl groups excluding tert-OH is 1. The minimum absolute atomic E-state index is 0.00485. The van der Waals surface area contributed by atoms with Gasteiger partial charge in [-0.2, -0.15) is 0 Å². The summed E-state index contributed by atoms with van der Waals surface area (Å²) >= 11 is 1.33. The van der Waals surface area contributed by atoms with Gasteiger partial charge in [-0.15, -0.1) is 0 Å². The zero-order valence-corrected chi connectivity index (χ0v) is 22.0. The zero-order chi connectivity index (χ0) is 27.0. The van der Waals surface area contributed by atoms with E-state index in [0.29, 0.717) is 34.4 Å². The lowest BCUT2D eigenvalue weighted by Gasteiger charge is -2.23. The Hall–Kier alpha value is -4.43. The van der Waals surface area contributed by atoms with Crippen molar-refractivity contribution < 1.29 is 24.2 Å². The van der Waals surface area contributed by atoms with Crippen LogP contribution in [0.3, 0.4) is 0 Å². The highest BCUT2D eigenvalue weighted by atomic mass is 32.1. The van der Waals surface area contributed by atoms with Crippen LogP contribution in [0.2, 0.25) is 0 Å². The lowest BCUT2D eigenvalue weighted by molar-refractivity contribution is -0.132. The third kappa shape index (κ3) is 4.43. The number of ketones is 1. The Morgan fingerprint density at radius 2 is 1.87 bits per heavy atom. The number of fused-ring (bicyclic) bond motifs is 1. The van der Waals surface area contributed by atoms with Gasteiger partial charge in [-0.1, -0.05) is 42.2 Å². The lowest BCUT2D eigenvalue weighted by atomic mass is 9.95. The molecule has 0 radical (unpaired) electrons. The van der Waals surface area contributed by atoms with Gasteiger partial charge in [0.15, 0.2) is 5.13 Å². The summed E-state index contributed by atoms with van der Waals surface area (Å²) < 4.78 is 11.8. The molecule has 192 valence electrons. The molecule has 5 rings (SSSR count). The fraction of sp³-hybridized carbons (Fsp3) is 0.167. The molecule has 2 heterocycles. The molecule has 1 fully saturated rings. The van der Waals surface area contributed by atoms with Gasteiger partial charge in [0.2, 0.25) is 0 Å². The van der Waals surface area contributed by atoms with Crippen molar-refractivity contribution in [3.63, 3.8) is 0 Å². The Labute approximate surface area is 224 Å². The largest absolute Gasteiger partial charge is 0.507 e. The second kappa shape index (κ2) is 10.1. The molecule has 3 aromatic carbocycles. The number of thiazole rings is 1. The van der Waals surface area contributed by atoms with Crippen LogP contribution in [-0.2, 0) is 9.59 Å². The molecule has 1 aliphatic rings. The number of ether oxygens (including phenoxy) is 2. The first-order valence-corrected chi connectivity index (χ1v) is 12.8. The first kappa shape index (κ1) is 25.2. The van der Waals surface area contributed by atoms with Gasteiger partial charge in [-0.05, 0) is 73.0 Å². The van der Waals surface area contributed by atoms with Crippen LogP contribution in [0.25, 0.3) is 16.0 Å². The van der Waals surface area contributed by atoms with Crippen LogP contribution in [0.4, 0.5) is 5.13 Å². The molecule has 1 amide bonds. The third-order valence-corrected chi connectivity index (χ3v) is 7.43. The number of aromatic nitrogens is 1. The SMILES string of the molecule is C=CCOc1ccc([C@@H]2/C(=C(\O)c3ccc(OC)c(C)c3)C(=O)C(=O)N2c2nc3ccc(C)cc3s2)cc1. The average Bonchev–Trinajstić information content (AvgIpc) is 3.44. The molecule has 1 aromatic heterocycles. The smallest absolute Gasteiger partial charge is 0.301 e. The number of benzene rings is 3. The molecular weight excluding hydrogens is 500 g/mol. The first-order chi connectivity index (χ1) is 18.3. The van der Waals surface area contributed by atoms with Gasteiger partial charge in [0.25, 0.3) is 5.78 Å². The van der Waals surface area contributed by atoms with Crippen molar-refractivity contribution in [3.05, 3.63) is 101 Å². The van der Waals surface area contributed by atoms with E-state index in [4.69, 9.17) is 9.47 Å². The molecule has 0 unspecified atom stereocenters. The van der Waals surface area contributed by atoms with Crippen molar-refractivity contribution >= 4 is 44.1 Å². The van der Waals surface area contributed by atoms with Crippen molar-refractivity contribution in [3.8, 4) is 11.5 Å². The number of methoxy groups -OCH3 is 1. The summed E-state index contributed by atoms with van der Waals surface area (Å²) in [6.07, 6.45) is 1.65. The number of carbonyl (C=O) groups is 2. The van der Waals surface area contributed by atoms with Gasteiger partial charge >= 0.3 is 5.91 Å². The quantitative estimate of drug-likeness (QED) is 0.135. The average molecular weight is 527 g/mol. The number of hydrogen-bond donors (Lipinski definition) is 1. The van der Waals surface area contributed by atoms with Crippen molar-refractivity contribution in [2.24, 2.45) is 0 Å². The van der Waals surface area contributed by atoms with E-state index in [1.807, 2.05) is 32.0 Å². The Balaban J connectivity index is 1.68. The van der Waals surface area contributed by atoms with Crippen LogP contribution >= 0.6 is 11.3 Å². The normalized spacial score (nSPS) is 16.7. The van der Waals surface area contributed by atoms with E-state index in [9.17, 15) is 14.7 Å². The minimum atomic E-state index is -0.882. The van der Waals surface area contributed by atoms with Crippen LogP contribution in [-0.4, -0.2) is 35.5 Å². The highest BCUT2D eigenvalue weighted by Crippen LogP contribution is 2.44. The van der Waals surface area contributed by atoms with E-state index < -0.39 is 17.7 Å². The van der Waals surface area contributed by atoms with Crippen LogP contribution in [0.15, 0.2) is 78.9 Å². The van der Waals surface area contributed by atoms with Gasteiger partial charge in [0.05, 0.1) is 28.9 Å². The van der Waals surface area contributed by atoms with Gasteiger partial charge < -0.3 is 14.6 Å². The fourth-order valence-corrected chi connectivity index (χ4v) is 5.64. The van der Waals surface area contributed by atoms with Gasteiger partial charge in [0.1, 0.15) is 23.9 Å². The molecule has 1 N–H and O–H groups in total. The summed E-state index contributed by atoms with van der Waals surface area (Å²) in [5.41, 5.74) is 3.63. The molecule has 8 heteroatoms. The topological polar surface area (TPSA) is 89.0 Å². The number of aliphatic hydroxyl groups is 1. The summed E-state index contributed by atoms with van der Waals surface area (Å²) in [6.45, 7) is 7.84. The number of hydrogen-bond acceptors (Lipinski definition) is 7. The second-order valence-corrected chi connectivity index (χ2v) is 10.00. The number of nitrogens with zero attached hydrogens (tertiary/aromatic N) is 2. The number of aryl methyl sites for hydroxylation is 2. The molecule has 0 bridgehead atoms. The molecule has 38 heavy (non-hydrogen) atoms. The van der Waals surface area contributed by atoms with E-state index >= 15 is 0 Å². The molecule has 0 saturated carbocycles. The van der Waals surface area contributed by atoms with E-state index in [0.717, 1.165) is 21.3 Å². The Morgan fingerprint density at radius 1 is 1.11 bits per heavy atom. The standard InChI is InChI=1S/C30H26N2O5S/c1-5-14-37-21-10-7-19(8-11-21)26-25(27(33)20-9-13-23(36-4)18(3)16-20)28(34)29(35)32(26)30-31-22-12-6-17(2)15-24(22)38-30/h5-13,15-16,26,33H,1,14H2,2-4H3/b27-25+/t26-/m1/s1. The number of anilines is 1. The highest BCUT2D eigenvalue weighted by Gasteiger charge is 2.48. The van der Waals surface area contributed by atoms with Crippen molar-refractivity contribution in [2.75, 3.05) is 18.6 Å². The zero-order valence-electron chi connectivity index (χ0n) is 21.2. The van der Waals surface area contributed by atoms with Crippen LogP contribution < -0.4 is 14.4 Å². The summed E-state index contributed by atoms with van der Waals surface area (Å²) in [5, 5.41) is 11.8. The Kier molecular flexibility index (Phi) is 6.73. The van der Waals surface area contributed by atoms with Gasteiger partial charge in [0, 0.05) is 5.56 Å². The summed E-state index contributed by atoms with van der Waals surface area (Å²) in [6, 6.07) is 17.2. The Bertz CT molecular complexity index is 1600. The van der Waals surface area contributed by atoms with Gasteiger partial charge in [-0.25, -0.2) is 4.98 Å². The first-order valence-electron chi connectivity index (χ1n) is 12.0. The summed E-state index contributed by atoms with van der Waals surface area (Å²) in [4.78, 5) is 33.0. The maximum Gasteiger partial charge on any atom is 0.301 e. The second-order valence-electron chi connectivity index (χ2n) is 8.99. The number of carbonyl (C=O) groups excluding carboxylic acids is 2. The van der Waals surface area contributed by atoms with E-state index in [1.165, 1.54) is 16.2 Å². The molecule has 0 aliphatic carbocycles. The van der Waals surface area contributed by atoms with E-state index in [2.05, 4.69) is 11.6 Å². The maximum absolute atomic E-state index is 13.5. The van der Waals surface area contributed by atoms with Gasteiger partial charge in [-0.3, -0.25) is 14.5 Å². The van der Waals surface area contributed by atoms with Crippen LogP contribution in [0.5, 0.6) is 11.5 Å². The maximum atomic E-state index is 13.5. The third-order valence-electron chi connectivity index (χ3n) is 6.42. The molecule has 0 spiro atoms. The van der Waals surface area contributed by atoms with E-state index in [1.54, 1.807) is 55.7 Å². The molecule has 1 atom stereocenters. The number of amides is 1. The molecule has 1 saturated heterocycles. The number of Topliss-reactive ketones (excluding diaryl/α,β-unsaturated/α-hetero) is 1. The summed E-state index contributed by atoms with van der Waals surface area (Å²) in [5.74, 6) is -0.510. The fourth-order valence-electron chi connectivity index (χ4n) is 4.55.